The van der Waals surface area contributed by atoms with Gasteiger partial charge in [-0.3, -0.25) is 9.59 Å². The zero-order chi connectivity index (χ0) is 17.0. The number of hydrogen-bond donors (Lipinski definition) is 2. The molecule has 5 heteroatoms. The fourth-order valence-electron chi connectivity index (χ4n) is 1.99. The average molecular weight is 422 g/mol. The second-order valence-electron chi connectivity index (χ2n) is 6.22. The van der Waals surface area contributed by atoms with Gasteiger partial charge in [0.25, 0.3) is 11.8 Å². The SMILES string of the molecule is CC(C)(C)NC(=O)c1cccc(NC(=O)c2ccccc2I)c1. The lowest BCUT2D eigenvalue weighted by molar-refractivity contribution is 0.0918. The van der Waals surface area contributed by atoms with Crippen LogP contribution in [0.3, 0.4) is 0 Å². The Balaban J connectivity index is 2.16. The molecule has 0 saturated carbocycles. The quantitative estimate of drug-likeness (QED) is 0.733. The highest BCUT2D eigenvalue weighted by Crippen LogP contribution is 2.16. The molecular formula is C18H19IN2O2. The molecular weight excluding hydrogens is 403 g/mol. The molecule has 2 rings (SSSR count). The topological polar surface area (TPSA) is 58.2 Å². The van der Waals surface area contributed by atoms with E-state index in [2.05, 4.69) is 33.2 Å². The van der Waals surface area contributed by atoms with Crippen LogP contribution in [-0.2, 0) is 0 Å². The van der Waals surface area contributed by atoms with Gasteiger partial charge in [0.2, 0.25) is 0 Å². The van der Waals surface area contributed by atoms with Crippen LogP contribution in [0.2, 0.25) is 0 Å². The van der Waals surface area contributed by atoms with Gasteiger partial charge in [-0.1, -0.05) is 18.2 Å². The van der Waals surface area contributed by atoms with Crippen molar-refractivity contribution >= 4 is 40.1 Å². The molecule has 0 bridgehead atoms. The molecule has 0 aliphatic heterocycles. The zero-order valence-corrected chi connectivity index (χ0v) is 15.5. The Labute approximate surface area is 149 Å². The van der Waals surface area contributed by atoms with Crippen LogP contribution in [0.25, 0.3) is 0 Å². The summed E-state index contributed by atoms with van der Waals surface area (Å²) in [5.41, 5.74) is 1.41. The first-order valence-corrected chi connectivity index (χ1v) is 8.32. The van der Waals surface area contributed by atoms with Crippen LogP contribution in [0, 0.1) is 3.57 Å². The smallest absolute Gasteiger partial charge is 0.256 e. The van der Waals surface area contributed by atoms with Crippen molar-refractivity contribution < 1.29 is 9.59 Å². The summed E-state index contributed by atoms with van der Waals surface area (Å²) < 4.78 is 0.879. The third-order valence-corrected chi connectivity index (χ3v) is 3.93. The lowest BCUT2D eigenvalue weighted by Gasteiger charge is -2.20. The van der Waals surface area contributed by atoms with E-state index in [4.69, 9.17) is 0 Å². The minimum atomic E-state index is -0.309. The number of anilines is 1. The van der Waals surface area contributed by atoms with Gasteiger partial charge < -0.3 is 10.6 Å². The van der Waals surface area contributed by atoms with Crippen molar-refractivity contribution in [2.75, 3.05) is 5.32 Å². The number of benzene rings is 2. The van der Waals surface area contributed by atoms with Gasteiger partial charge >= 0.3 is 0 Å². The highest BCUT2D eigenvalue weighted by atomic mass is 127. The largest absolute Gasteiger partial charge is 0.347 e. The third-order valence-electron chi connectivity index (χ3n) is 2.99. The normalized spacial score (nSPS) is 11.0. The Morgan fingerprint density at radius 3 is 2.30 bits per heavy atom. The van der Waals surface area contributed by atoms with Crippen LogP contribution in [0.5, 0.6) is 0 Å². The Hall–Kier alpha value is -1.89. The van der Waals surface area contributed by atoms with E-state index in [0.29, 0.717) is 16.8 Å². The van der Waals surface area contributed by atoms with Gasteiger partial charge in [0, 0.05) is 20.4 Å². The summed E-state index contributed by atoms with van der Waals surface area (Å²) in [5.74, 6) is -0.355. The number of halogens is 1. The molecule has 2 amide bonds. The van der Waals surface area contributed by atoms with Crippen LogP contribution in [-0.4, -0.2) is 17.4 Å². The summed E-state index contributed by atoms with van der Waals surface area (Å²) in [4.78, 5) is 24.5. The molecule has 120 valence electrons. The highest BCUT2D eigenvalue weighted by molar-refractivity contribution is 14.1. The predicted molar refractivity (Wildman–Crippen MR) is 101 cm³/mol. The van der Waals surface area contributed by atoms with Crippen molar-refractivity contribution in [2.45, 2.75) is 26.3 Å². The Morgan fingerprint density at radius 1 is 0.957 bits per heavy atom. The molecule has 0 aliphatic rings. The molecule has 2 N–H and O–H groups in total. The van der Waals surface area contributed by atoms with Crippen molar-refractivity contribution in [3.8, 4) is 0 Å². The van der Waals surface area contributed by atoms with E-state index in [-0.39, 0.29) is 17.4 Å². The summed E-state index contributed by atoms with van der Waals surface area (Å²) >= 11 is 2.13. The molecule has 23 heavy (non-hydrogen) atoms. The monoisotopic (exact) mass is 422 g/mol. The van der Waals surface area contributed by atoms with Crippen LogP contribution in [0.4, 0.5) is 5.69 Å². The number of hydrogen-bond acceptors (Lipinski definition) is 2. The van der Waals surface area contributed by atoms with Crippen molar-refractivity contribution in [3.63, 3.8) is 0 Å². The summed E-state index contributed by atoms with van der Waals surface area (Å²) in [5, 5.41) is 5.74. The van der Waals surface area contributed by atoms with Gasteiger partial charge in [-0.15, -0.1) is 0 Å². The molecule has 0 saturated heterocycles. The summed E-state index contributed by atoms with van der Waals surface area (Å²) in [7, 11) is 0. The Kier molecular flexibility index (Phi) is 5.41. The van der Waals surface area contributed by atoms with Crippen LogP contribution in [0.15, 0.2) is 48.5 Å². The van der Waals surface area contributed by atoms with E-state index in [1.807, 2.05) is 39.0 Å². The first-order chi connectivity index (χ1) is 10.8. The fraction of sp³-hybridized carbons (Fsp3) is 0.222. The van der Waals surface area contributed by atoms with Gasteiger partial charge in [0.05, 0.1) is 5.56 Å². The van der Waals surface area contributed by atoms with Crippen molar-refractivity contribution in [2.24, 2.45) is 0 Å². The molecule has 0 atom stereocenters. The number of rotatable bonds is 3. The molecule has 0 aliphatic carbocycles. The highest BCUT2D eigenvalue weighted by Gasteiger charge is 2.16. The molecule has 0 aromatic heterocycles. The summed E-state index contributed by atoms with van der Waals surface area (Å²) in [6.45, 7) is 5.77. The maximum Gasteiger partial charge on any atom is 0.256 e. The summed E-state index contributed by atoms with van der Waals surface area (Å²) in [6, 6.07) is 14.3. The minimum Gasteiger partial charge on any atom is -0.347 e. The molecule has 2 aromatic carbocycles. The molecule has 0 radical (unpaired) electrons. The molecule has 0 fully saturated rings. The Morgan fingerprint density at radius 2 is 1.65 bits per heavy atom. The van der Waals surface area contributed by atoms with Crippen LogP contribution >= 0.6 is 22.6 Å². The second-order valence-corrected chi connectivity index (χ2v) is 7.38. The minimum absolute atomic E-state index is 0.164. The zero-order valence-electron chi connectivity index (χ0n) is 13.3. The van der Waals surface area contributed by atoms with E-state index in [9.17, 15) is 9.59 Å². The Bertz CT molecular complexity index is 736. The van der Waals surface area contributed by atoms with Crippen LogP contribution < -0.4 is 10.6 Å². The second kappa shape index (κ2) is 7.12. The molecule has 0 spiro atoms. The van der Waals surface area contributed by atoms with Gasteiger partial charge in [-0.2, -0.15) is 0 Å². The van der Waals surface area contributed by atoms with E-state index in [1.165, 1.54) is 0 Å². The predicted octanol–water partition coefficient (Wildman–Crippen LogP) is 4.07. The maximum atomic E-state index is 12.3. The van der Waals surface area contributed by atoms with Crippen molar-refractivity contribution in [3.05, 3.63) is 63.2 Å². The molecule has 0 heterocycles. The van der Waals surface area contributed by atoms with Gasteiger partial charge in [-0.05, 0) is 73.7 Å². The molecule has 2 aromatic rings. The fourth-order valence-corrected chi connectivity index (χ4v) is 2.63. The number of amides is 2. The molecule has 0 unspecified atom stereocenters. The standard InChI is InChI=1S/C18H19IN2O2/c1-18(2,3)21-16(22)12-7-6-8-13(11-12)20-17(23)14-9-4-5-10-15(14)19/h4-11H,1-3H3,(H,20,23)(H,21,22). The van der Waals surface area contributed by atoms with E-state index in [1.54, 1.807) is 30.3 Å². The summed E-state index contributed by atoms with van der Waals surface area (Å²) in [6.07, 6.45) is 0. The number of nitrogens with one attached hydrogen (secondary N) is 2. The number of carbonyl (C=O) groups is 2. The van der Waals surface area contributed by atoms with E-state index >= 15 is 0 Å². The number of carbonyl (C=O) groups excluding carboxylic acids is 2. The first-order valence-electron chi connectivity index (χ1n) is 7.25. The van der Waals surface area contributed by atoms with Crippen LogP contribution in [0.1, 0.15) is 41.5 Å². The first kappa shape index (κ1) is 17.5. The lowest BCUT2D eigenvalue weighted by Crippen LogP contribution is -2.40. The van der Waals surface area contributed by atoms with Crippen molar-refractivity contribution in [1.82, 2.24) is 5.32 Å². The van der Waals surface area contributed by atoms with Gasteiger partial charge in [0.1, 0.15) is 0 Å². The lowest BCUT2D eigenvalue weighted by atomic mass is 10.1. The van der Waals surface area contributed by atoms with Gasteiger partial charge in [-0.25, -0.2) is 0 Å². The molecule has 4 nitrogen and oxygen atoms in total. The average Bonchev–Trinajstić information content (AvgIpc) is 2.46. The maximum absolute atomic E-state index is 12.3. The van der Waals surface area contributed by atoms with Crippen molar-refractivity contribution in [1.29, 1.82) is 0 Å². The van der Waals surface area contributed by atoms with E-state index in [0.717, 1.165) is 3.57 Å². The van der Waals surface area contributed by atoms with Gasteiger partial charge in [0.15, 0.2) is 0 Å². The van der Waals surface area contributed by atoms with E-state index < -0.39 is 0 Å². The third kappa shape index (κ3) is 5.06.